The lowest BCUT2D eigenvalue weighted by atomic mass is 10.1. The van der Waals surface area contributed by atoms with Crippen LogP contribution < -0.4 is 5.32 Å². The number of likely N-dealkylation sites (N-methyl/N-ethyl adjacent to an activating group) is 1. The minimum Gasteiger partial charge on any atom is -0.324 e. The largest absolute Gasteiger partial charge is 0.324 e. The fourth-order valence-electron chi connectivity index (χ4n) is 2.11. The number of ketones is 1. The van der Waals surface area contributed by atoms with Gasteiger partial charge in [0, 0.05) is 15.6 Å². The molecule has 1 aromatic heterocycles. The first-order chi connectivity index (χ1) is 10.1. The van der Waals surface area contributed by atoms with Gasteiger partial charge in [0.05, 0.1) is 4.88 Å². The fraction of sp³-hybridized carbons (Fsp3) is 0.143. The SMILES string of the molecule is CN1Sc2ccsc2C(=O)C1C(=O)Nc1cccc(Cl)c1. The molecule has 0 saturated carbocycles. The summed E-state index contributed by atoms with van der Waals surface area (Å²) in [6.45, 7) is 0. The average molecular weight is 339 g/mol. The van der Waals surface area contributed by atoms with Crippen molar-refractivity contribution in [3.63, 3.8) is 0 Å². The van der Waals surface area contributed by atoms with Gasteiger partial charge in [-0.05, 0) is 48.6 Å². The van der Waals surface area contributed by atoms with Crippen molar-refractivity contribution in [1.29, 1.82) is 0 Å². The van der Waals surface area contributed by atoms with Gasteiger partial charge in [-0.3, -0.25) is 9.59 Å². The number of anilines is 1. The number of carbonyl (C=O) groups excluding carboxylic acids is 2. The molecule has 1 aromatic carbocycles. The second-order valence-corrected chi connectivity index (χ2v) is 7.07. The van der Waals surface area contributed by atoms with Crippen molar-refractivity contribution >= 4 is 52.3 Å². The second kappa shape index (κ2) is 5.81. The highest BCUT2D eigenvalue weighted by Crippen LogP contribution is 2.37. The molecule has 1 aliphatic heterocycles. The predicted octanol–water partition coefficient (Wildman–Crippen LogP) is 3.54. The molecule has 1 atom stereocenters. The Labute approximate surface area is 135 Å². The number of hydrogen-bond donors (Lipinski definition) is 1. The highest BCUT2D eigenvalue weighted by atomic mass is 35.5. The Morgan fingerprint density at radius 3 is 2.95 bits per heavy atom. The summed E-state index contributed by atoms with van der Waals surface area (Å²) < 4.78 is 1.68. The molecule has 4 nitrogen and oxygen atoms in total. The van der Waals surface area contributed by atoms with E-state index in [1.54, 1.807) is 35.6 Å². The van der Waals surface area contributed by atoms with Gasteiger partial charge in [-0.15, -0.1) is 11.3 Å². The van der Waals surface area contributed by atoms with Crippen LogP contribution in [0.5, 0.6) is 0 Å². The summed E-state index contributed by atoms with van der Waals surface area (Å²) in [6.07, 6.45) is 0. The molecule has 0 aliphatic carbocycles. The Kier molecular flexibility index (Phi) is 4.03. The summed E-state index contributed by atoms with van der Waals surface area (Å²) in [4.78, 5) is 26.4. The van der Waals surface area contributed by atoms with E-state index >= 15 is 0 Å². The van der Waals surface area contributed by atoms with Gasteiger partial charge >= 0.3 is 0 Å². The van der Waals surface area contributed by atoms with Gasteiger partial charge in [0.25, 0.3) is 5.91 Å². The van der Waals surface area contributed by atoms with Crippen LogP contribution in [0.4, 0.5) is 5.69 Å². The second-order valence-electron chi connectivity index (χ2n) is 4.52. The van der Waals surface area contributed by atoms with E-state index in [4.69, 9.17) is 11.6 Å². The number of amides is 1. The van der Waals surface area contributed by atoms with Crippen molar-refractivity contribution in [2.75, 3.05) is 12.4 Å². The van der Waals surface area contributed by atoms with Gasteiger partial charge in [0.2, 0.25) is 5.78 Å². The van der Waals surface area contributed by atoms with Crippen LogP contribution in [0.1, 0.15) is 9.67 Å². The van der Waals surface area contributed by atoms with E-state index in [1.165, 1.54) is 23.3 Å². The maximum absolute atomic E-state index is 12.5. The maximum atomic E-state index is 12.5. The molecule has 2 aromatic rings. The molecule has 1 amide bonds. The summed E-state index contributed by atoms with van der Waals surface area (Å²) in [6, 6.07) is 7.92. The number of fused-ring (bicyclic) bond motifs is 1. The minimum atomic E-state index is -0.833. The predicted molar refractivity (Wildman–Crippen MR) is 86.1 cm³/mol. The van der Waals surface area contributed by atoms with Crippen LogP contribution in [-0.2, 0) is 4.79 Å². The summed E-state index contributed by atoms with van der Waals surface area (Å²) in [5, 5.41) is 5.14. The molecule has 108 valence electrons. The molecule has 0 radical (unpaired) electrons. The molecule has 21 heavy (non-hydrogen) atoms. The first-order valence-electron chi connectivity index (χ1n) is 6.15. The van der Waals surface area contributed by atoms with Crippen LogP contribution in [0.2, 0.25) is 5.02 Å². The van der Waals surface area contributed by atoms with E-state index in [0.717, 1.165) is 4.90 Å². The standard InChI is InChI=1S/C14H11ClN2O2S2/c1-17-11(12(18)13-10(21-17)5-6-20-13)14(19)16-9-4-2-3-8(15)7-9/h2-7,11H,1H3,(H,16,19). The number of nitrogens with one attached hydrogen (secondary N) is 1. The van der Waals surface area contributed by atoms with Crippen LogP contribution in [-0.4, -0.2) is 29.1 Å². The van der Waals surface area contributed by atoms with Crippen molar-refractivity contribution in [3.8, 4) is 0 Å². The lowest BCUT2D eigenvalue weighted by molar-refractivity contribution is -0.118. The van der Waals surface area contributed by atoms with Crippen molar-refractivity contribution in [2.45, 2.75) is 10.9 Å². The minimum absolute atomic E-state index is 0.166. The number of nitrogens with zero attached hydrogens (tertiary/aromatic N) is 1. The van der Waals surface area contributed by atoms with Crippen LogP contribution in [0, 0.1) is 0 Å². The molecular weight excluding hydrogens is 328 g/mol. The third-order valence-corrected chi connectivity index (χ3v) is 5.38. The van der Waals surface area contributed by atoms with E-state index in [9.17, 15) is 9.59 Å². The van der Waals surface area contributed by atoms with Gasteiger partial charge in [0.1, 0.15) is 0 Å². The summed E-state index contributed by atoms with van der Waals surface area (Å²) in [7, 11) is 1.74. The number of rotatable bonds is 2. The molecular formula is C14H11ClN2O2S2. The van der Waals surface area contributed by atoms with Gasteiger partial charge in [-0.25, -0.2) is 4.31 Å². The van der Waals surface area contributed by atoms with Crippen molar-refractivity contribution in [2.24, 2.45) is 0 Å². The quantitative estimate of drug-likeness (QED) is 0.672. The molecule has 0 saturated heterocycles. The van der Waals surface area contributed by atoms with E-state index in [0.29, 0.717) is 15.6 Å². The Morgan fingerprint density at radius 2 is 2.19 bits per heavy atom. The van der Waals surface area contributed by atoms with Gasteiger partial charge in [0.15, 0.2) is 6.04 Å². The van der Waals surface area contributed by atoms with E-state index in [1.807, 2.05) is 11.4 Å². The smallest absolute Gasteiger partial charge is 0.250 e. The molecule has 1 N–H and O–H groups in total. The lowest BCUT2D eigenvalue weighted by Crippen LogP contribution is -2.46. The van der Waals surface area contributed by atoms with Crippen LogP contribution >= 0.6 is 34.9 Å². The zero-order valence-electron chi connectivity index (χ0n) is 11.0. The highest BCUT2D eigenvalue weighted by molar-refractivity contribution is 7.97. The van der Waals surface area contributed by atoms with Crippen molar-refractivity contribution < 1.29 is 9.59 Å². The monoisotopic (exact) mass is 338 g/mol. The zero-order chi connectivity index (χ0) is 15.0. The van der Waals surface area contributed by atoms with Crippen molar-refractivity contribution in [3.05, 3.63) is 45.6 Å². The summed E-state index contributed by atoms with van der Waals surface area (Å²) >= 11 is 8.67. The number of halogens is 1. The van der Waals surface area contributed by atoms with E-state index < -0.39 is 6.04 Å². The van der Waals surface area contributed by atoms with Gasteiger partial charge < -0.3 is 5.32 Å². The zero-order valence-corrected chi connectivity index (χ0v) is 13.4. The average Bonchev–Trinajstić information content (AvgIpc) is 2.87. The Bertz CT molecular complexity index is 717. The third-order valence-electron chi connectivity index (χ3n) is 3.05. The Hall–Kier alpha value is -1.34. The molecule has 7 heteroatoms. The number of hydrogen-bond acceptors (Lipinski definition) is 5. The molecule has 2 heterocycles. The molecule has 3 rings (SSSR count). The molecule has 0 bridgehead atoms. The van der Waals surface area contributed by atoms with Crippen LogP contribution in [0.3, 0.4) is 0 Å². The van der Waals surface area contributed by atoms with E-state index in [-0.39, 0.29) is 11.7 Å². The molecule has 1 unspecified atom stereocenters. The highest BCUT2D eigenvalue weighted by Gasteiger charge is 2.38. The van der Waals surface area contributed by atoms with Gasteiger partial charge in [-0.2, -0.15) is 0 Å². The molecule has 0 spiro atoms. The van der Waals surface area contributed by atoms with Crippen molar-refractivity contribution in [1.82, 2.24) is 4.31 Å². The topological polar surface area (TPSA) is 49.4 Å². The fourth-order valence-corrected chi connectivity index (χ4v) is 4.31. The molecule has 1 aliphatic rings. The van der Waals surface area contributed by atoms with Crippen LogP contribution in [0.15, 0.2) is 40.6 Å². The third kappa shape index (κ3) is 2.85. The molecule has 0 fully saturated rings. The number of thiophene rings is 1. The first-order valence-corrected chi connectivity index (χ1v) is 8.18. The normalized spacial score (nSPS) is 18.4. The Balaban J connectivity index is 1.83. The van der Waals surface area contributed by atoms with E-state index in [2.05, 4.69) is 5.32 Å². The first kappa shape index (κ1) is 14.6. The Morgan fingerprint density at radius 1 is 1.38 bits per heavy atom. The number of Topliss-reactive ketones (excluding diaryl/α,β-unsaturated/α-hetero) is 1. The maximum Gasteiger partial charge on any atom is 0.250 e. The number of carbonyl (C=O) groups is 2. The summed E-state index contributed by atoms with van der Waals surface area (Å²) in [5.41, 5.74) is 0.579. The number of benzene rings is 1. The van der Waals surface area contributed by atoms with Gasteiger partial charge in [-0.1, -0.05) is 17.7 Å². The van der Waals surface area contributed by atoms with Crippen LogP contribution in [0.25, 0.3) is 0 Å². The summed E-state index contributed by atoms with van der Waals surface area (Å²) in [5.74, 6) is -0.517. The lowest BCUT2D eigenvalue weighted by Gasteiger charge is -2.28.